The van der Waals surface area contributed by atoms with Gasteiger partial charge in [0.15, 0.2) is 28.9 Å². The molecule has 0 bridgehead atoms. The number of aromatic nitrogens is 3. The molecule has 0 unspecified atom stereocenters. The van der Waals surface area contributed by atoms with Crippen molar-refractivity contribution in [2.24, 2.45) is 0 Å². The summed E-state index contributed by atoms with van der Waals surface area (Å²) in [4.78, 5) is 3.99. The average Bonchev–Trinajstić information content (AvgIpc) is 2.88. The number of nitrogens with zero attached hydrogens (tertiary/aromatic N) is 4. The summed E-state index contributed by atoms with van der Waals surface area (Å²) in [5, 5.41) is 12.9. The number of nitriles is 1. The minimum absolute atomic E-state index is 0.121. The van der Waals surface area contributed by atoms with Gasteiger partial charge in [-0.3, -0.25) is 0 Å². The van der Waals surface area contributed by atoms with E-state index in [2.05, 4.69) is 10.1 Å². The Morgan fingerprint density at radius 2 is 1.85 bits per heavy atom. The Hall–Kier alpha value is -2.88. The third-order valence-electron chi connectivity index (χ3n) is 2.75. The van der Waals surface area contributed by atoms with Crippen molar-refractivity contribution in [1.29, 1.82) is 5.26 Å². The van der Waals surface area contributed by atoms with Gasteiger partial charge in [-0.25, -0.2) is 22.7 Å². The number of halogens is 3. The number of fused-ring (bicyclic) bond motifs is 1. The molecule has 3 aromatic rings. The highest BCUT2D eigenvalue weighted by molar-refractivity contribution is 5.59. The molecule has 0 amide bonds. The maximum atomic E-state index is 13.7. The van der Waals surface area contributed by atoms with Crippen molar-refractivity contribution in [1.82, 2.24) is 14.6 Å². The van der Waals surface area contributed by atoms with Crippen LogP contribution in [0.4, 0.5) is 13.2 Å². The lowest BCUT2D eigenvalue weighted by Gasteiger charge is -1.99. The zero-order valence-electron chi connectivity index (χ0n) is 9.81. The lowest BCUT2D eigenvalue weighted by Crippen LogP contribution is -1.96. The highest BCUT2D eigenvalue weighted by atomic mass is 19.2. The third-order valence-corrected chi connectivity index (χ3v) is 2.75. The molecule has 0 fully saturated rings. The van der Waals surface area contributed by atoms with E-state index < -0.39 is 17.5 Å². The maximum absolute atomic E-state index is 13.7. The van der Waals surface area contributed by atoms with E-state index in [4.69, 9.17) is 5.26 Å². The minimum Gasteiger partial charge on any atom is -0.207 e. The van der Waals surface area contributed by atoms with Gasteiger partial charge in [0.25, 0.3) is 0 Å². The summed E-state index contributed by atoms with van der Waals surface area (Å²) < 4.78 is 41.0. The Labute approximate surface area is 110 Å². The fraction of sp³-hybridized carbons (Fsp3) is 0. The Kier molecular flexibility index (Phi) is 2.64. The van der Waals surface area contributed by atoms with E-state index in [1.165, 1.54) is 10.6 Å². The van der Waals surface area contributed by atoms with Gasteiger partial charge in [-0.15, -0.1) is 5.10 Å². The van der Waals surface area contributed by atoms with Gasteiger partial charge in [0, 0.05) is 0 Å². The Balaban J connectivity index is 2.26. The molecule has 20 heavy (non-hydrogen) atoms. The van der Waals surface area contributed by atoms with E-state index in [-0.39, 0.29) is 17.1 Å². The monoisotopic (exact) mass is 274 g/mol. The van der Waals surface area contributed by atoms with Crippen LogP contribution in [0.5, 0.6) is 0 Å². The highest BCUT2D eigenvalue weighted by Crippen LogP contribution is 2.24. The fourth-order valence-corrected chi connectivity index (χ4v) is 1.80. The molecule has 0 spiro atoms. The second-order valence-electron chi connectivity index (χ2n) is 3.95. The van der Waals surface area contributed by atoms with Crippen molar-refractivity contribution in [3.05, 3.63) is 53.5 Å². The summed E-state index contributed by atoms with van der Waals surface area (Å²) in [5.41, 5.74) is 0.240. The van der Waals surface area contributed by atoms with Crippen LogP contribution in [0.25, 0.3) is 17.0 Å². The van der Waals surface area contributed by atoms with Crippen LogP contribution in [0.2, 0.25) is 0 Å². The summed E-state index contributed by atoms with van der Waals surface area (Å²) in [5.74, 6) is -4.35. The zero-order valence-corrected chi connectivity index (χ0v) is 9.81. The van der Waals surface area contributed by atoms with Gasteiger partial charge in [-0.2, -0.15) is 5.26 Å². The fourth-order valence-electron chi connectivity index (χ4n) is 1.80. The second kappa shape index (κ2) is 4.35. The van der Waals surface area contributed by atoms with Crippen LogP contribution in [-0.4, -0.2) is 14.6 Å². The molecular weight excluding hydrogens is 269 g/mol. The van der Waals surface area contributed by atoms with E-state index >= 15 is 0 Å². The van der Waals surface area contributed by atoms with Gasteiger partial charge in [-0.1, -0.05) is 6.07 Å². The van der Waals surface area contributed by atoms with Gasteiger partial charge in [-0.05, 0) is 24.3 Å². The molecule has 0 atom stereocenters. The molecule has 0 radical (unpaired) electrons. The molecule has 0 aliphatic carbocycles. The van der Waals surface area contributed by atoms with E-state index in [1.807, 2.05) is 6.07 Å². The van der Waals surface area contributed by atoms with Crippen LogP contribution < -0.4 is 0 Å². The number of hydrogen-bond acceptors (Lipinski definition) is 3. The predicted molar refractivity (Wildman–Crippen MR) is 63.0 cm³/mol. The molecule has 4 nitrogen and oxygen atoms in total. The molecule has 2 aromatic heterocycles. The molecule has 2 heterocycles. The summed E-state index contributed by atoms with van der Waals surface area (Å²) in [6.45, 7) is 0. The lowest BCUT2D eigenvalue weighted by atomic mass is 10.2. The van der Waals surface area contributed by atoms with Crippen molar-refractivity contribution in [3.8, 4) is 17.5 Å². The van der Waals surface area contributed by atoms with Crippen molar-refractivity contribution >= 4 is 5.65 Å². The second-order valence-corrected chi connectivity index (χ2v) is 3.95. The first-order valence-corrected chi connectivity index (χ1v) is 5.51. The van der Waals surface area contributed by atoms with Crippen LogP contribution in [0.1, 0.15) is 5.69 Å². The topological polar surface area (TPSA) is 54.0 Å². The zero-order chi connectivity index (χ0) is 14.3. The Bertz CT molecular complexity index is 864. The quantitative estimate of drug-likeness (QED) is 0.641. The van der Waals surface area contributed by atoms with Crippen LogP contribution >= 0.6 is 0 Å². The van der Waals surface area contributed by atoms with Gasteiger partial charge < -0.3 is 0 Å². The molecule has 0 saturated heterocycles. The maximum Gasteiger partial charge on any atom is 0.195 e. The van der Waals surface area contributed by atoms with Crippen molar-refractivity contribution in [2.75, 3.05) is 0 Å². The molecule has 0 aliphatic rings. The molecule has 0 N–H and O–H groups in total. The Morgan fingerprint density at radius 3 is 2.60 bits per heavy atom. The molecule has 3 rings (SSSR count). The third kappa shape index (κ3) is 1.70. The number of rotatable bonds is 1. The van der Waals surface area contributed by atoms with Crippen LogP contribution in [-0.2, 0) is 0 Å². The average molecular weight is 274 g/mol. The molecule has 7 heteroatoms. The van der Waals surface area contributed by atoms with E-state index in [0.717, 1.165) is 12.1 Å². The summed E-state index contributed by atoms with van der Waals surface area (Å²) in [7, 11) is 0. The number of hydrogen-bond donors (Lipinski definition) is 0. The number of benzene rings is 1. The lowest BCUT2D eigenvalue weighted by molar-refractivity contribution is 0.448. The van der Waals surface area contributed by atoms with E-state index in [1.54, 1.807) is 12.1 Å². The minimum atomic E-state index is -1.58. The molecule has 0 aliphatic heterocycles. The van der Waals surface area contributed by atoms with E-state index in [0.29, 0.717) is 5.65 Å². The first-order valence-electron chi connectivity index (χ1n) is 5.51. The first kappa shape index (κ1) is 12.2. The summed E-state index contributed by atoms with van der Waals surface area (Å²) >= 11 is 0. The smallest absolute Gasteiger partial charge is 0.195 e. The van der Waals surface area contributed by atoms with Crippen LogP contribution in [0, 0.1) is 28.8 Å². The van der Waals surface area contributed by atoms with Gasteiger partial charge >= 0.3 is 0 Å². The normalized spacial score (nSPS) is 10.7. The highest BCUT2D eigenvalue weighted by Gasteiger charge is 2.18. The molecule has 98 valence electrons. The first-order chi connectivity index (χ1) is 9.61. The summed E-state index contributed by atoms with van der Waals surface area (Å²) in [6, 6.07) is 8.41. The van der Waals surface area contributed by atoms with Crippen molar-refractivity contribution in [2.45, 2.75) is 0 Å². The molecule has 0 saturated carbocycles. The largest absolute Gasteiger partial charge is 0.207 e. The predicted octanol–water partition coefficient (Wildman–Crippen LogP) is 2.69. The van der Waals surface area contributed by atoms with Gasteiger partial charge in [0.1, 0.15) is 11.8 Å². The van der Waals surface area contributed by atoms with Gasteiger partial charge in [0.2, 0.25) is 0 Å². The number of pyridine rings is 1. The molecule has 1 aromatic carbocycles. The van der Waals surface area contributed by atoms with Crippen molar-refractivity contribution < 1.29 is 13.2 Å². The summed E-state index contributed by atoms with van der Waals surface area (Å²) in [6.07, 6.45) is 0. The molecular formula is C13H5F3N4. The van der Waals surface area contributed by atoms with Gasteiger partial charge in [0.05, 0.1) is 5.56 Å². The SMILES string of the molecule is N#Cc1cccc2nc(-c3ccc(F)c(F)c3F)nn12. The van der Waals surface area contributed by atoms with Crippen molar-refractivity contribution in [3.63, 3.8) is 0 Å². The Morgan fingerprint density at radius 1 is 1.05 bits per heavy atom. The van der Waals surface area contributed by atoms with E-state index in [9.17, 15) is 13.2 Å². The van der Waals surface area contributed by atoms with Crippen LogP contribution in [0.15, 0.2) is 30.3 Å². The standard InChI is InChI=1S/C13H5F3N4/c14-9-5-4-8(11(15)12(9)16)13-18-10-3-1-2-7(6-17)20(10)19-13/h1-5H. The van der Waals surface area contributed by atoms with Crippen LogP contribution in [0.3, 0.4) is 0 Å².